The van der Waals surface area contributed by atoms with Crippen molar-refractivity contribution in [2.75, 3.05) is 6.54 Å². The van der Waals surface area contributed by atoms with Crippen LogP contribution in [0.15, 0.2) is 42.5 Å². The third-order valence-corrected chi connectivity index (χ3v) is 6.58. The van der Waals surface area contributed by atoms with Crippen molar-refractivity contribution in [1.82, 2.24) is 4.90 Å². The van der Waals surface area contributed by atoms with E-state index in [9.17, 15) is 4.79 Å². The molecule has 0 aromatic heterocycles. The molecule has 2 fully saturated rings. The molecule has 2 aromatic rings. The number of likely N-dealkylation sites (tertiary alicyclic amines) is 1. The molecule has 1 aliphatic heterocycles. The molecular formula is C25H31NO. The number of benzene rings is 2. The van der Waals surface area contributed by atoms with Gasteiger partial charge in [0, 0.05) is 18.2 Å². The minimum absolute atomic E-state index is 0.209. The van der Waals surface area contributed by atoms with E-state index in [1.165, 1.54) is 28.7 Å². The zero-order valence-corrected chi connectivity index (χ0v) is 17.3. The Hall–Kier alpha value is -2.09. The zero-order valence-electron chi connectivity index (χ0n) is 17.3. The topological polar surface area (TPSA) is 20.3 Å². The maximum Gasteiger partial charge on any atom is 0.254 e. The van der Waals surface area contributed by atoms with E-state index in [2.05, 4.69) is 75.9 Å². The first kappa shape index (κ1) is 18.3. The minimum atomic E-state index is 0.209. The highest BCUT2D eigenvalue weighted by molar-refractivity contribution is 5.95. The average Bonchev–Trinajstić information content (AvgIpc) is 2.84. The third kappa shape index (κ3) is 3.31. The van der Waals surface area contributed by atoms with Crippen molar-refractivity contribution < 1.29 is 4.79 Å². The van der Waals surface area contributed by atoms with Crippen molar-refractivity contribution in [3.05, 3.63) is 59.2 Å². The number of fused-ring (bicyclic) bond motifs is 2. The maximum absolute atomic E-state index is 13.3. The van der Waals surface area contributed by atoms with Crippen LogP contribution in [0.2, 0.25) is 0 Å². The van der Waals surface area contributed by atoms with E-state index in [4.69, 9.17) is 0 Å². The number of rotatable bonds is 2. The standard InChI is InChI=1S/C25H31NO/c1-17-8-6-7-9-21(17)22-11-10-19(12-18(22)2)23(27)26-16-25(5)14-20(26)13-24(3,4)15-25/h6-12,20H,13-16H2,1-5H3/t20-,25-/m0/s1. The van der Waals surface area contributed by atoms with Crippen molar-refractivity contribution in [3.8, 4) is 11.1 Å². The number of amides is 1. The van der Waals surface area contributed by atoms with Crippen LogP contribution in [-0.4, -0.2) is 23.4 Å². The fraction of sp³-hybridized carbons (Fsp3) is 0.480. The molecule has 0 unspecified atom stereocenters. The van der Waals surface area contributed by atoms with Crippen molar-refractivity contribution in [3.63, 3.8) is 0 Å². The molecule has 2 nitrogen and oxygen atoms in total. The second-order valence-corrected chi connectivity index (χ2v) is 9.99. The first-order valence-corrected chi connectivity index (χ1v) is 10.2. The summed E-state index contributed by atoms with van der Waals surface area (Å²) in [5, 5.41) is 0. The van der Waals surface area contributed by atoms with Crippen molar-refractivity contribution >= 4 is 5.91 Å². The maximum atomic E-state index is 13.3. The van der Waals surface area contributed by atoms with Crippen LogP contribution in [0.1, 0.15) is 61.5 Å². The lowest BCUT2D eigenvalue weighted by molar-refractivity contribution is 0.0708. The molecule has 2 atom stereocenters. The van der Waals surface area contributed by atoms with Crippen molar-refractivity contribution in [2.24, 2.45) is 10.8 Å². The molecule has 1 saturated heterocycles. The summed E-state index contributed by atoms with van der Waals surface area (Å²) in [7, 11) is 0. The predicted molar refractivity (Wildman–Crippen MR) is 112 cm³/mol. The van der Waals surface area contributed by atoms with Gasteiger partial charge in [0.25, 0.3) is 5.91 Å². The zero-order chi connectivity index (χ0) is 19.4. The first-order chi connectivity index (χ1) is 12.7. The Bertz CT molecular complexity index is 897. The van der Waals surface area contributed by atoms with Gasteiger partial charge in [-0.1, -0.05) is 51.1 Å². The quantitative estimate of drug-likeness (QED) is 0.641. The number of carbonyl (C=O) groups excluding carboxylic acids is 1. The highest BCUT2D eigenvalue weighted by Crippen LogP contribution is 2.52. The van der Waals surface area contributed by atoms with Crippen LogP contribution in [0.3, 0.4) is 0 Å². The molecule has 2 aromatic carbocycles. The van der Waals surface area contributed by atoms with Crippen LogP contribution in [-0.2, 0) is 0 Å². The second-order valence-electron chi connectivity index (χ2n) is 9.99. The van der Waals surface area contributed by atoms with Gasteiger partial charge < -0.3 is 4.90 Å². The monoisotopic (exact) mass is 361 g/mol. The number of carbonyl (C=O) groups is 1. The summed E-state index contributed by atoms with van der Waals surface area (Å²) in [6.07, 6.45) is 3.49. The molecular weight excluding hydrogens is 330 g/mol. The van der Waals surface area contributed by atoms with E-state index < -0.39 is 0 Å². The lowest BCUT2D eigenvalue weighted by Gasteiger charge is -2.39. The number of aryl methyl sites for hydroxylation is 2. The van der Waals surface area contributed by atoms with Crippen LogP contribution in [0, 0.1) is 24.7 Å². The van der Waals surface area contributed by atoms with Gasteiger partial charge in [-0.3, -0.25) is 4.79 Å². The SMILES string of the molecule is Cc1ccccc1-c1ccc(C(=O)N2C[C@@]3(C)C[C@@H]2CC(C)(C)C3)cc1C. The normalized spacial score (nSPS) is 26.3. The van der Waals surface area contributed by atoms with E-state index in [0.717, 1.165) is 24.9 Å². The van der Waals surface area contributed by atoms with Crippen LogP contribution in [0.5, 0.6) is 0 Å². The molecule has 142 valence electrons. The lowest BCUT2D eigenvalue weighted by Crippen LogP contribution is -2.37. The lowest BCUT2D eigenvalue weighted by atomic mass is 9.65. The third-order valence-electron chi connectivity index (χ3n) is 6.58. The molecule has 4 rings (SSSR count). The number of hydrogen-bond acceptors (Lipinski definition) is 1. The molecule has 27 heavy (non-hydrogen) atoms. The Morgan fingerprint density at radius 1 is 0.963 bits per heavy atom. The fourth-order valence-electron chi connectivity index (χ4n) is 5.84. The molecule has 0 spiro atoms. The molecule has 2 bridgehead atoms. The van der Waals surface area contributed by atoms with Gasteiger partial charge in [-0.2, -0.15) is 0 Å². The van der Waals surface area contributed by atoms with Crippen LogP contribution >= 0.6 is 0 Å². The summed E-state index contributed by atoms with van der Waals surface area (Å²) < 4.78 is 0. The Morgan fingerprint density at radius 3 is 2.37 bits per heavy atom. The summed E-state index contributed by atoms with van der Waals surface area (Å²) in [5.41, 5.74) is 6.35. The molecule has 1 aliphatic carbocycles. The predicted octanol–water partition coefficient (Wildman–Crippen LogP) is 6.01. The smallest absolute Gasteiger partial charge is 0.254 e. The molecule has 1 amide bonds. The Kier molecular flexibility index (Phi) is 4.21. The Balaban J connectivity index is 1.62. The van der Waals surface area contributed by atoms with Gasteiger partial charge in [-0.05, 0) is 78.3 Å². The summed E-state index contributed by atoms with van der Waals surface area (Å²) in [4.78, 5) is 15.5. The summed E-state index contributed by atoms with van der Waals surface area (Å²) in [5.74, 6) is 0.209. The number of nitrogens with zero attached hydrogens (tertiary/aromatic N) is 1. The van der Waals surface area contributed by atoms with E-state index in [1.54, 1.807) is 0 Å². The summed E-state index contributed by atoms with van der Waals surface area (Å²) in [6.45, 7) is 12.2. The van der Waals surface area contributed by atoms with Gasteiger partial charge in [-0.15, -0.1) is 0 Å². The fourth-order valence-corrected chi connectivity index (χ4v) is 5.84. The van der Waals surface area contributed by atoms with Gasteiger partial charge in [0.05, 0.1) is 0 Å². The average molecular weight is 362 g/mol. The Labute approximate surface area is 163 Å². The van der Waals surface area contributed by atoms with Crippen LogP contribution in [0.25, 0.3) is 11.1 Å². The molecule has 0 radical (unpaired) electrons. The van der Waals surface area contributed by atoms with Gasteiger partial charge >= 0.3 is 0 Å². The largest absolute Gasteiger partial charge is 0.335 e. The molecule has 2 aliphatic rings. The van der Waals surface area contributed by atoms with E-state index >= 15 is 0 Å². The second kappa shape index (κ2) is 6.22. The highest BCUT2D eigenvalue weighted by Gasteiger charge is 2.51. The van der Waals surface area contributed by atoms with Crippen LogP contribution < -0.4 is 0 Å². The first-order valence-electron chi connectivity index (χ1n) is 10.2. The Morgan fingerprint density at radius 2 is 1.67 bits per heavy atom. The minimum Gasteiger partial charge on any atom is -0.335 e. The van der Waals surface area contributed by atoms with Crippen LogP contribution in [0.4, 0.5) is 0 Å². The molecule has 2 heteroatoms. The van der Waals surface area contributed by atoms with Gasteiger partial charge in [0.15, 0.2) is 0 Å². The van der Waals surface area contributed by atoms with Gasteiger partial charge in [0.1, 0.15) is 0 Å². The molecule has 1 saturated carbocycles. The summed E-state index contributed by atoms with van der Waals surface area (Å²) in [6, 6.07) is 15.1. The van der Waals surface area contributed by atoms with Crippen molar-refractivity contribution in [1.29, 1.82) is 0 Å². The summed E-state index contributed by atoms with van der Waals surface area (Å²) >= 11 is 0. The van der Waals surface area contributed by atoms with Gasteiger partial charge in [-0.25, -0.2) is 0 Å². The molecule has 1 heterocycles. The molecule has 0 N–H and O–H groups in total. The van der Waals surface area contributed by atoms with Gasteiger partial charge in [0.2, 0.25) is 0 Å². The number of hydrogen-bond donors (Lipinski definition) is 0. The van der Waals surface area contributed by atoms with E-state index in [0.29, 0.717) is 11.5 Å². The van der Waals surface area contributed by atoms with E-state index in [1.807, 2.05) is 6.07 Å². The van der Waals surface area contributed by atoms with E-state index in [-0.39, 0.29) is 11.3 Å². The van der Waals surface area contributed by atoms with Crippen molar-refractivity contribution in [2.45, 2.75) is 59.9 Å². The highest BCUT2D eigenvalue weighted by atomic mass is 16.2.